The Balaban J connectivity index is 4.16. The number of halogens is 3. The van der Waals surface area contributed by atoms with Crippen molar-refractivity contribution in [3.63, 3.8) is 0 Å². The molecule has 4 heteroatoms. The van der Waals surface area contributed by atoms with Crippen LogP contribution in [0.15, 0.2) is 0 Å². The molecule has 0 N–H and O–H groups in total. The molecule has 0 amide bonds. The number of hydrogen-bond acceptors (Lipinski definition) is 1. The van der Waals surface area contributed by atoms with Crippen molar-refractivity contribution < 1.29 is 9.18 Å². The van der Waals surface area contributed by atoms with Gasteiger partial charge in [-0.2, -0.15) is 0 Å². The van der Waals surface area contributed by atoms with E-state index in [1.807, 2.05) is 0 Å². The lowest BCUT2D eigenvalue weighted by Gasteiger charge is -2.25. The van der Waals surface area contributed by atoms with Crippen LogP contribution in [0.1, 0.15) is 20.3 Å². The van der Waals surface area contributed by atoms with E-state index in [1.54, 1.807) is 13.8 Å². The summed E-state index contributed by atoms with van der Waals surface area (Å²) in [5.74, 6) is 0. The monoisotopic (exact) mass is 200 g/mol. The number of alkyl halides is 2. The van der Waals surface area contributed by atoms with Gasteiger partial charge in [-0.3, -0.25) is 9.18 Å². The minimum atomic E-state index is -0.806. The Labute approximate surface area is 75.9 Å². The van der Waals surface area contributed by atoms with Crippen molar-refractivity contribution in [3.8, 4) is 0 Å². The summed E-state index contributed by atoms with van der Waals surface area (Å²) in [6.45, 7) is 2.94. The van der Waals surface area contributed by atoms with Crippen molar-refractivity contribution in [1.29, 1.82) is 0 Å². The molecule has 0 aliphatic rings. The second-order valence-corrected chi connectivity index (χ2v) is 3.90. The van der Waals surface area contributed by atoms with E-state index in [-0.39, 0.29) is 6.42 Å². The average Bonchev–Trinajstić information content (AvgIpc) is 1.86. The third-order valence-electron chi connectivity index (χ3n) is 1.62. The van der Waals surface area contributed by atoms with Crippen LogP contribution in [0.3, 0.4) is 0 Å². The van der Waals surface area contributed by atoms with Crippen LogP contribution in [0.5, 0.6) is 0 Å². The number of rotatable bonds is 4. The van der Waals surface area contributed by atoms with Crippen LogP contribution >= 0.6 is 23.2 Å². The lowest BCUT2D eigenvalue weighted by molar-refractivity contribution is -0.113. The first-order valence-corrected chi connectivity index (χ1v) is 4.12. The van der Waals surface area contributed by atoms with Gasteiger partial charge >= 0.3 is 0 Å². The molecule has 1 nitrogen and oxygen atoms in total. The molecule has 66 valence electrons. The van der Waals surface area contributed by atoms with Crippen molar-refractivity contribution in [2.75, 3.05) is 6.67 Å². The van der Waals surface area contributed by atoms with Crippen LogP contribution in [-0.4, -0.2) is 17.3 Å². The molecule has 0 bridgehead atoms. The largest absolute Gasteiger partial charge is 0.280 e. The number of carbonyl (C=O) groups is 1. The van der Waals surface area contributed by atoms with Gasteiger partial charge in [0, 0.05) is 0 Å². The van der Waals surface area contributed by atoms with Crippen molar-refractivity contribution in [2.24, 2.45) is 5.41 Å². The van der Waals surface area contributed by atoms with Gasteiger partial charge < -0.3 is 0 Å². The molecule has 1 unspecified atom stereocenters. The fraction of sp³-hybridized carbons (Fsp3) is 0.857. The molecule has 0 radical (unpaired) electrons. The lowest BCUT2D eigenvalue weighted by atomic mass is 9.86. The second-order valence-electron chi connectivity index (χ2n) is 3.09. The maximum Gasteiger partial charge on any atom is 0.240 e. The summed E-state index contributed by atoms with van der Waals surface area (Å²) >= 11 is 10.8. The molecule has 0 heterocycles. The summed E-state index contributed by atoms with van der Waals surface area (Å²) in [6, 6.07) is 0. The lowest BCUT2D eigenvalue weighted by Crippen LogP contribution is -2.29. The van der Waals surface area contributed by atoms with Crippen molar-refractivity contribution in [2.45, 2.75) is 25.6 Å². The Kier molecular flexibility index (Phi) is 4.34. The van der Waals surface area contributed by atoms with E-state index in [0.717, 1.165) is 0 Å². The molecule has 0 saturated carbocycles. The maximum absolute atomic E-state index is 11.9. The second kappa shape index (κ2) is 4.27. The third-order valence-corrected chi connectivity index (χ3v) is 2.74. The summed E-state index contributed by atoms with van der Waals surface area (Å²) in [5.41, 5.74) is -0.560. The SMILES string of the molecule is CC(C)(CCF)C(Cl)C(=O)Cl. The van der Waals surface area contributed by atoms with E-state index < -0.39 is 22.7 Å². The molecule has 0 aliphatic carbocycles. The molecule has 0 saturated heterocycles. The minimum absolute atomic E-state index is 0.250. The molecule has 0 aromatic rings. The van der Waals surface area contributed by atoms with Gasteiger partial charge in [-0.05, 0) is 23.4 Å². The van der Waals surface area contributed by atoms with Crippen molar-refractivity contribution in [1.82, 2.24) is 0 Å². The zero-order valence-corrected chi connectivity index (χ0v) is 8.05. The molecule has 0 aromatic heterocycles. The molecule has 1 atom stereocenters. The highest BCUT2D eigenvalue weighted by atomic mass is 35.5. The molecule has 0 aliphatic heterocycles. The van der Waals surface area contributed by atoms with Crippen molar-refractivity contribution >= 4 is 28.4 Å². The Morgan fingerprint density at radius 2 is 2.09 bits per heavy atom. The fourth-order valence-electron chi connectivity index (χ4n) is 0.677. The molecule has 11 heavy (non-hydrogen) atoms. The van der Waals surface area contributed by atoms with E-state index in [4.69, 9.17) is 23.2 Å². The zero-order chi connectivity index (χ0) is 9.07. The first-order valence-electron chi connectivity index (χ1n) is 3.31. The molecule has 0 rings (SSSR count). The molecule has 0 aromatic carbocycles. The fourth-order valence-corrected chi connectivity index (χ4v) is 1.08. The van der Waals surface area contributed by atoms with Gasteiger partial charge in [0.05, 0.1) is 6.67 Å². The van der Waals surface area contributed by atoms with Crippen LogP contribution in [0.4, 0.5) is 4.39 Å². The highest BCUT2D eigenvalue weighted by Crippen LogP contribution is 2.30. The molecular formula is C7H11Cl2FO. The summed E-state index contributed by atoms with van der Waals surface area (Å²) in [6.07, 6.45) is 0.250. The zero-order valence-electron chi connectivity index (χ0n) is 6.53. The first-order chi connectivity index (χ1) is 4.91. The van der Waals surface area contributed by atoms with Crippen LogP contribution in [0.2, 0.25) is 0 Å². The van der Waals surface area contributed by atoms with E-state index in [2.05, 4.69) is 0 Å². The van der Waals surface area contributed by atoms with E-state index >= 15 is 0 Å². The number of hydrogen-bond donors (Lipinski definition) is 0. The Hall–Kier alpha value is 0.180. The summed E-state index contributed by atoms with van der Waals surface area (Å²) in [7, 11) is 0. The normalized spacial score (nSPS) is 14.6. The standard InChI is InChI=1S/C7H11Cl2FO/c1-7(2,3-4-10)5(8)6(9)11/h5H,3-4H2,1-2H3. The average molecular weight is 201 g/mol. The van der Waals surface area contributed by atoms with Crippen LogP contribution in [-0.2, 0) is 4.79 Å². The quantitative estimate of drug-likeness (QED) is 0.504. The van der Waals surface area contributed by atoms with Crippen LogP contribution < -0.4 is 0 Å². The minimum Gasteiger partial charge on any atom is -0.280 e. The van der Waals surface area contributed by atoms with Crippen molar-refractivity contribution in [3.05, 3.63) is 0 Å². The highest BCUT2D eigenvalue weighted by molar-refractivity contribution is 6.69. The Morgan fingerprint density at radius 3 is 2.36 bits per heavy atom. The predicted molar refractivity (Wildman–Crippen MR) is 44.9 cm³/mol. The van der Waals surface area contributed by atoms with Gasteiger partial charge in [-0.1, -0.05) is 13.8 Å². The van der Waals surface area contributed by atoms with Gasteiger partial charge in [0.1, 0.15) is 5.38 Å². The summed E-state index contributed by atoms with van der Waals surface area (Å²) in [4.78, 5) is 10.6. The van der Waals surface area contributed by atoms with Gasteiger partial charge in [-0.15, -0.1) is 11.6 Å². The van der Waals surface area contributed by atoms with Gasteiger partial charge in [0.25, 0.3) is 0 Å². The van der Waals surface area contributed by atoms with E-state index in [1.165, 1.54) is 0 Å². The number of carbonyl (C=O) groups excluding carboxylic acids is 1. The third kappa shape index (κ3) is 3.39. The molecular weight excluding hydrogens is 190 g/mol. The van der Waals surface area contributed by atoms with Crippen LogP contribution in [0, 0.1) is 5.41 Å². The van der Waals surface area contributed by atoms with Gasteiger partial charge in [0.2, 0.25) is 5.24 Å². The van der Waals surface area contributed by atoms with Gasteiger partial charge in [-0.25, -0.2) is 0 Å². The highest BCUT2D eigenvalue weighted by Gasteiger charge is 2.32. The smallest absolute Gasteiger partial charge is 0.240 e. The maximum atomic E-state index is 11.9. The van der Waals surface area contributed by atoms with Gasteiger partial charge in [0.15, 0.2) is 0 Å². The van der Waals surface area contributed by atoms with E-state index in [9.17, 15) is 9.18 Å². The first kappa shape index (κ1) is 11.2. The topological polar surface area (TPSA) is 17.1 Å². The van der Waals surface area contributed by atoms with E-state index in [0.29, 0.717) is 0 Å². The molecule has 0 spiro atoms. The van der Waals surface area contributed by atoms with Crippen LogP contribution in [0.25, 0.3) is 0 Å². The predicted octanol–water partition coefficient (Wildman–Crippen LogP) is 2.75. The summed E-state index contributed by atoms with van der Waals surface area (Å²) in [5, 5.41) is -1.43. The molecule has 0 fully saturated rings. The Bertz CT molecular complexity index is 147. The summed E-state index contributed by atoms with van der Waals surface area (Å²) < 4.78 is 11.9. The Morgan fingerprint density at radius 1 is 1.64 bits per heavy atom.